The first-order valence-corrected chi connectivity index (χ1v) is 11.3. The molecule has 0 aromatic carbocycles. The van der Waals surface area contributed by atoms with Crippen LogP contribution in [-0.4, -0.2) is 46.8 Å². The third-order valence-corrected chi connectivity index (χ3v) is 6.23. The molecular formula is C24H30FN3O5. The number of carbonyl (C=O) groups is 2. The number of aryl methyl sites for hydroxylation is 1. The van der Waals surface area contributed by atoms with Gasteiger partial charge in [0.05, 0.1) is 17.4 Å². The molecule has 1 saturated heterocycles. The van der Waals surface area contributed by atoms with Crippen molar-refractivity contribution in [2.24, 2.45) is 5.92 Å². The van der Waals surface area contributed by atoms with Crippen LogP contribution in [0.5, 0.6) is 0 Å². The summed E-state index contributed by atoms with van der Waals surface area (Å²) in [6.45, 7) is 8.78. The van der Waals surface area contributed by atoms with Gasteiger partial charge in [-0.3, -0.25) is 9.20 Å². The number of hydrogen-bond donors (Lipinski definition) is 2. The fourth-order valence-corrected chi connectivity index (χ4v) is 4.63. The van der Waals surface area contributed by atoms with E-state index in [0.29, 0.717) is 36.4 Å². The number of aromatic carboxylic acids is 1. The van der Waals surface area contributed by atoms with E-state index in [1.54, 1.807) is 27.7 Å². The molecule has 1 aliphatic carbocycles. The predicted molar refractivity (Wildman–Crippen MR) is 122 cm³/mol. The third-order valence-electron chi connectivity index (χ3n) is 6.23. The van der Waals surface area contributed by atoms with Crippen molar-refractivity contribution in [1.29, 1.82) is 0 Å². The monoisotopic (exact) mass is 459 g/mol. The zero-order chi connectivity index (χ0) is 24.1. The summed E-state index contributed by atoms with van der Waals surface area (Å²) in [6.07, 6.45) is 3.25. The second kappa shape index (κ2) is 8.35. The number of carboxylic acid groups (broad SMARTS) is 1. The minimum absolute atomic E-state index is 0.132. The standard InChI is InChI=1S/C24H30FN3O5/c1-13-19-16(15-5-6-15)9-17(22(30)31)21(29)28(19)12-18(25)20(13)27-8-7-14(11-27)10-26-23(32)33-24(2,3)4/h9,12,14-15H,5-8,10-11H2,1-4H3,(H,26,32)(H,30,31)/t14-/m1/s1. The number of fused-ring (bicyclic) bond motifs is 1. The molecule has 0 bridgehead atoms. The molecule has 33 heavy (non-hydrogen) atoms. The van der Waals surface area contributed by atoms with Gasteiger partial charge in [-0.2, -0.15) is 0 Å². The van der Waals surface area contributed by atoms with Crippen molar-refractivity contribution in [3.8, 4) is 0 Å². The molecule has 1 amide bonds. The third kappa shape index (κ3) is 4.67. The van der Waals surface area contributed by atoms with Crippen LogP contribution >= 0.6 is 0 Å². The Morgan fingerprint density at radius 1 is 1.27 bits per heavy atom. The molecule has 8 nitrogen and oxygen atoms in total. The minimum Gasteiger partial charge on any atom is -0.477 e. The summed E-state index contributed by atoms with van der Waals surface area (Å²) in [5, 5.41) is 12.2. The molecule has 2 aromatic heterocycles. The molecule has 1 aliphatic heterocycles. The summed E-state index contributed by atoms with van der Waals surface area (Å²) in [7, 11) is 0. The zero-order valence-electron chi connectivity index (χ0n) is 19.4. The topological polar surface area (TPSA) is 100 Å². The molecule has 178 valence electrons. The van der Waals surface area contributed by atoms with Crippen molar-refractivity contribution in [3.63, 3.8) is 0 Å². The Kier molecular flexibility index (Phi) is 5.84. The van der Waals surface area contributed by atoms with E-state index in [-0.39, 0.29) is 17.4 Å². The van der Waals surface area contributed by atoms with Gasteiger partial charge in [0.15, 0.2) is 5.82 Å². The van der Waals surface area contributed by atoms with Gasteiger partial charge in [0, 0.05) is 19.6 Å². The van der Waals surface area contributed by atoms with E-state index < -0.39 is 29.0 Å². The number of pyridine rings is 2. The summed E-state index contributed by atoms with van der Waals surface area (Å²) in [5.41, 5.74) is 0.805. The Hall–Kier alpha value is -3.10. The van der Waals surface area contributed by atoms with Gasteiger partial charge in [-0.25, -0.2) is 14.0 Å². The lowest BCUT2D eigenvalue weighted by molar-refractivity contribution is 0.0520. The second-order valence-electron chi connectivity index (χ2n) is 10.1. The summed E-state index contributed by atoms with van der Waals surface area (Å²) < 4.78 is 21.7. The van der Waals surface area contributed by atoms with Gasteiger partial charge in [-0.05, 0) is 76.0 Å². The molecule has 2 N–H and O–H groups in total. The fraction of sp³-hybridized carbons (Fsp3) is 0.542. The van der Waals surface area contributed by atoms with Gasteiger partial charge in [-0.15, -0.1) is 0 Å². The number of anilines is 1. The molecule has 2 aliphatic rings. The van der Waals surface area contributed by atoms with Crippen LogP contribution in [0.2, 0.25) is 0 Å². The summed E-state index contributed by atoms with van der Waals surface area (Å²) in [6, 6.07) is 1.46. The maximum atomic E-state index is 15.3. The molecule has 0 spiro atoms. The van der Waals surface area contributed by atoms with Crippen LogP contribution in [0, 0.1) is 18.7 Å². The summed E-state index contributed by atoms with van der Waals surface area (Å²) in [5.74, 6) is -1.56. The van der Waals surface area contributed by atoms with E-state index in [2.05, 4.69) is 5.32 Å². The molecule has 2 aromatic rings. The Balaban J connectivity index is 1.62. The number of hydrogen-bond acceptors (Lipinski definition) is 5. The number of amides is 1. The first-order chi connectivity index (χ1) is 15.5. The van der Waals surface area contributed by atoms with Gasteiger partial charge in [0.1, 0.15) is 11.2 Å². The van der Waals surface area contributed by atoms with E-state index in [1.807, 2.05) is 4.90 Å². The van der Waals surface area contributed by atoms with Crippen LogP contribution in [0.15, 0.2) is 17.1 Å². The van der Waals surface area contributed by atoms with E-state index >= 15 is 4.39 Å². The lowest BCUT2D eigenvalue weighted by Crippen LogP contribution is -2.36. The number of halogens is 1. The van der Waals surface area contributed by atoms with Gasteiger partial charge in [-0.1, -0.05) is 0 Å². The maximum Gasteiger partial charge on any atom is 0.407 e. The van der Waals surface area contributed by atoms with Gasteiger partial charge < -0.3 is 20.1 Å². The van der Waals surface area contributed by atoms with Gasteiger partial charge >= 0.3 is 12.1 Å². The van der Waals surface area contributed by atoms with Gasteiger partial charge in [0.25, 0.3) is 5.56 Å². The van der Waals surface area contributed by atoms with E-state index in [1.165, 1.54) is 6.07 Å². The lowest BCUT2D eigenvalue weighted by Gasteiger charge is -2.24. The van der Waals surface area contributed by atoms with Crippen molar-refractivity contribution < 1.29 is 23.8 Å². The van der Waals surface area contributed by atoms with E-state index in [9.17, 15) is 19.5 Å². The molecule has 9 heteroatoms. The maximum absolute atomic E-state index is 15.3. The van der Waals surface area contributed by atoms with Crippen LogP contribution in [0.1, 0.15) is 67.4 Å². The van der Waals surface area contributed by atoms with Crippen LogP contribution < -0.4 is 15.8 Å². The number of ether oxygens (including phenoxy) is 1. The molecule has 4 rings (SSSR count). The molecule has 0 unspecified atom stereocenters. The molecular weight excluding hydrogens is 429 g/mol. The Morgan fingerprint density at radius 3 is 2.58 bits per heavy atom. The molecule has 1 atom stereocenters. The quantitative estimate of drug-likeness (QED) is 0.708. The molecule has 1 saturated carbocycles. The Labute approximate surface area is 191 Å². The highest BCUT2D eigenvalue weighted by Gasteiger charge is 2.32. The fourth-order valence-electron chi connectivity index (χ4n) is 4.63. The normalized spacial score (nSPS) is 18.6. The smallest absolute Gasteiger partial charge is 0.407 e. The first-order valence-electron chi connectivity index (χ1n) is 11.3. The second-order valence-corrected chi connectivity index (χ2v) is 10.1. The highest BCUT2D eigenvalue weighted by molar-refractivity contribution is 5.89. The van der Waals surface area contributed by atoms with Crippen molar-refractivity contribution in [3.05, 3.63) is 45.1 Å². The van der Waals surface area contributed by atoms with Gasteiger partial charge in [0.2, 0.25) is 0 Å². The summed E-state index contributed by atoms with van der Waals surface area (Å²) >= 11 is 0. The highest BCUT2D eigenvalue weighted by atomic mass is 19.1. The first kappa shape index (κ1) is 23.1. The average molecular weight is 460 g/mol. The summed E-state index contributed by atoms with van der Waals surface area (Å²) in [4.78, 5) is 38.2. The number of nitrogens with zero attached hydrogens (tertiary/aromatic N) is 2. The average Bonchev–Trinajstić information content (AvgIpc) is 3.44. The van der Waals surface area contributed by atoms with Crippen molar-refractivity contribution in [2.45, 2.75) is 58.5 Å². The Morgan fingerprint density at radius 2 is 1.97 bits per heavy atom. The molecule has 0 radical (unpaired) electrons. The van der Waals surface area contributed by atoms with Crippen LogP contribution in [0.3, 0.4) is 0 Å². The number of alkyl carbamates (subject to hydrolysis) is 1. The highest BCUT2D eigenvalue weighted by Crippen LogP contribution is 2.44. The van der Waals surface area contributed by atoms with Crippen molar-refractivity contribution >= 4 is 23.3 Å². The number of rotatable bonds is 5. The minimum atomic E-state index is -1.31. The van der Waals surface area contributed by atoms with E-state index in [4.69, 9.17) is 4.74 Å². The molecule has 3 heterocycles. The molecule has 2 fully saturated rings. The van der Waals surface area contributed by atoms with Crippen LogP contribution in [0.4, 0.5) is 14.9 Å². The largest absolute Gasteiger partial charge is 0.477 e. The van der Waals surface area contributed by atoms with Crippen molar-refractivity contribution in [2.75, 3.05) is 24.5 Å². The van der Waals surface area contributed by atoms with E-state index in [0.717, 1.165) is 35.4 Å². The number of carboxylic acids is 1. The van der Waals surface area contributed by atoms with Crippen LogP contribution in [0.25, 0.3) is 5.52 Å². The number of carbonyl (C=O) groups excluding carboxylic acids is 1. The van der Waals surface area contributed by atoms with Crippen LogP contribution in [-0.2, 0) is 4.74 Å². The number of aromatic nitrogens is 1. The van der Waals surface area contributed by atoms with Crippen molar-refractivity contribution in [1.82, 2.24) is 9.72 Å². The zero-order valence-corrected chi connectivity index (χ0v) is 19.4. The lowest BCUT2D eigenvalue weighted by atomic mass is 10.0. The predicted octanol–water partition coefficient (Wildman–Crippen LogP) is 3.67. The Bertz CT molecular complexity index is 1180. The SMILES string of the molecule is Cc1c(N2CC[C@H](CNC(=O)OC(C)(C)C)C2)c(F)cn2c(=O)c(C(=O)O)cc(C3CC3)c12. The number of nitrogens with one attached hydrogen (secondary N) is 1.